The Kier molecular flexibility index (Phi) is 4.60. The number of benzene rings is 2. The van der Waals surface area contributed by atoms with Gasteiger partial charge in [0.25, 0.3) is 0 Å². The average molecular weight is 377 g/mol. The van der Waals surface area contributed by atoms with Crippen molar-refractivity contribution in [1.82, 2.24) is 19.9 Å². The van der Waals surface area contributed by atoms with E-state index in [0.717, 1.165) is 28.1 Å². The predicted molar refractivity (Wildman–Crippen MR) is 109 cm³/mol. The van der Waals surface area contributed by atoms with Crippen LogP contribution in [-0.4, -0.2) is 32.9 Å². The Bertz CT molecular complexity index is 1060. The van der Waals surface area contributed by atoms with Gasteiger partial charge in [-0.15, -0.1) is 11.3 Å². The number of nitrogens with zero attached hydrogens (tertiary/aromatic N) is 3. The zero-order chi connectivity index (χ0) is 18.8. The van der Waals surface area contributed by atoms with Crippen molar-refractivity contribution in [3.63, 3.8) is 0 Å². The minimum atomic E-state index is -0.162. The number of anilines is 1. The molecule has 0 aliphatic carbocycles. The van der Waals surface area contributed by atoms with Crippen LogP contribution < -0.4 is 5.32 Å². The quantitative estimate of drug-likeness (QED) is 0.530. The van der Waals surface area contributed by atoms with E-state index in [4.69, 9.17) is 0 Å². The van der Waals surface area contributed by atoms with Gasteiger partial charge in [-0.25, -0.2) is 14.8 Å². The number of aromatic amines is 1. The van der Waals surface area contributed by atoms with Gasteiger partial charge in [-0.1, -0.05) is 30.3 Å². The third-order valence-electron chi connectivity index (χ3n) is 4.59. The molecule has 0 radical (unpaired) electrons. The molecule has 1 atom stereocenters. The van der Waals surface area contributed by atoms with E-state index in [1.54, 1.807) is 17.5 Å². The zero-order valence-electron chi connectivity index (χ0n) is 15.0. The van der Waals surface area contributed by atoms with Crippen molar-refractivity contribution >= 4 is 34.1 Å². The highest BCUT2D eigenvalue weighted by Crippen LogP contribution is 2.24. The summed E-state index contributed by atoms with van der Waals surface area (Å²) in [6.45, 7) is 2.01. The fourth-order valence-electron chi connectivity index (χ4n) is 2.88. The van der Waals surface area contributed by atoms with Gasteiger partial charge in [-0.2, -0.15) is 0 Å². The third kappa shape index (κ3) is 3.54. The molecule has 136 valence electrons. The number of imidazole rings is 1. The van der Waals surface area contributed by atoms with Crippen LogP contribution in [0.4, 0.5) is 10.5 Å². The normalized spacial score (nSPS) is 12.1. The van der Waals surface area contributed by atoms with Crippen molar-refractivity contribution in [2.75, 3.05) is 12.4 Å². The molecule has 4 aromatic rings. The molecule has 0 aliphatic rings. The molecule has 0 saturated carbocycles. The van der Waals surface area contributed by atoms with Crippen LogP contribution in [0.1, 0.15) is 18.5 Å². The second kappa shape index (κ2) is 7.20. The van der Waals surface area contributed by atoms with E-state index >= 15 is 0 Å². The molecule has 7 heteroatoms. The molecule has 0 saturated heterocycles. The number of amides is 2. The zero-order valence-corrected chi connectivity index (χ0v) is 15.8. The maximum absolute atomic E-state index is 12.6. The summed E-state index contributed by atoms with van der Waals surface area (Å²) in [6.07, 6.45) is 0. The van der Waals surface area contributed by atoms with E-state index < -0.39 is 0 Å². The van der Waals surface area contributed by atoms with Gasteiger partial charge in [0.15, 0.2) is 5.82 Å². The molecule has 2 heterocycles. The lowest BCUT2D eigenvalue weighted by atomic mass is 10.1. The number of carbonyl (C=O) groups is 1. The van der Waals surface area contributed by atoms with E-state index in [-0.39, 0.29) is 12.1 Å². The summed E-state index contributed by atoms with van der Waals surface area (Å²) in [7, 11) is 1.79. The van der Waals surface area contributed by atoms with Crippen LogP contribution in [0.15, 0.2) is 59.4 Å². The number of urea groups is 1. The van der Waals surface area contributed by atoms with Gasteiger partial charge in [0, 0.05) is 18.1 Å². The lowest BCUT2D eigenvalue weighted by molar-refractivity contribution is 0.208. The fraction of sp³-hybridized carbons (Fsp3) is 0.150. The molecule has 27 heavy (non-hydrogen) atoms. The first kappa shape index (κ1) is 17.2. The minimum Gasteiger partial charge on any atom is -0.337 e. The van der Waals surface area contributed by atoms with Crippen molar-refractivity contribution in [3.8, 4) is 11.5 Å². The number of thiazole rings is 1. The van der Waals surface area contributed by atoms with Crippen LogP contribution in [0.3, 0.4) is 0 Å². The van der Waals surface area contributed by atoms with Gasteiger partial charge < -0.3 is 15.2 Å². The van der Waals surface area contributed by atoms with Gasteiger partial charge in [0.05, 0.1) is 22.6 Å². The summed E-state index contributed by atoms with van der Waals surface area (Å²) in [4.78, 5) is 26.4. The van der Waals surface area contributed by atoms with Crippen LogP contribution >= 0.6 is 11.3 Å². The molecular formula is C20H19N5OS. The Morgan fingerprint density at radius 1 is 1.22 bits per heavy atom. The highest BCUT2D eigenvalue weighted by Gasteiger charge is 2.17. The van der Waals surface area contributed by atoms with Crippen molar-refractivity contribution < 1.29 is 4.79 Å². The van der Waals surface area contributed by atoms with Crippen LogP contribution in [0.2, 0.25) is 0 Å². The SMILES string of the molecule is C[C@@H](c1ccccc1)N(C)C(=O)Nc1ccc2nc(-c3cscn3)[nH]c2c1. The number of rotatable bonds is 4. The maximum Gasteiger partial charge on any atom is 0.322 e. The van der Waals surface area contributed by atoms with Crippen LogP contribution in [-0.2, 0) is 0 Å². The standard InChI is InChI=1S/C20H19N5OS/c1-13(14-6-4-3-5-7-14)25(2)20(26)22-15-8-9-16-17(10-15)24-19(23-16)18-11-27-12-21-18/h3-13H,1-2H3,(H,22,26)(H,23,24)/t13-/m0/s1. The Hall–Kier alpha value is -3.19. The molecule has 4 rings (SSSR count). The molecule has 0 fully saturated rings. The Labute approximate surface area is 160 Å². The number of nitrogens with one attached hydrogen (secondary N) is 2. The molecule has 0 spiro atoms. The summed E-state index contributed by atoms with van der Waals surface area (Å²) in [5.41, 5.74) is 6.09. The second-order valence-corrected chi connectivity index (χ2v) is 7.04. The summed E-state index contributed by atoms with van der Waals surface area (Å²) in [6, 6.07) is 15.4. The smallest absolute Gasteiger partial charge is 0.322 e. The summed E-state index contributed by atoms with van der Waals surface area (Å²) in [5, 5.41) is 4.90. The molecule has 2 aromatic heterocycles. The van der Waals surface area contributed by atoms with E-state index in [0.29, 0.717) is 5.69 Å². The molecular weight excluding hydrogens is 358 g/mol. The number of H-pyrrole nitrogens is 1. The van der Waals surface area contributed by atoms with Gasteiger partial charge in [0.2, 0.25) is 0 Å². The van der Waals surface area contributed by atoms with E-state index in [9.17, 15) is 4.79 Å². The Morgan fingerprint density at radius 3 is 2.78 bits per heavy atom. The number of aromatic nitrogens is 3. The molecule has 2 amide bonds. The molecule has 2 aromatic carbocycles. The highest BCUT2D eigenvalue weighted by molar-refractivity contribution is 7.07. The minimum absolute atomic E-state index is 0.0293. The van der Waals surface area contributed by atoms with Gasteiger partial charge in [-0.3, -0.25) is 0 Å². The van der Waals surface area contributed by atoms with E-state index in [1.807, 2.05) is 60.8 Å². The lowest BCUT2D eigenvalue weighted by Gasteiger charge is -2.25. The molecule has 2 N–H and O–H groups in total. The first-order valence-corrected chi connectivity index (χ1v) is 9.53. The van der Waals surface area contributed by atoms with Crippen molar-refractivity contribution in [3.05, 3.63) is 65.0 Å². The fourth-order valence-corrected chi connectivity index (χ4v) is 3.42. The molecule has 6 nitrogen and oxygen atoms in total. The summed E-state index contributed by atoms with van der Waals surface area (Å²) < 4.78 is 0. The Balaban J connectivity index is 1.51. The highest BCUT2D eigenvalue weighted by atomic mass is 32.1. The number of hydrogen-bond donors (Lipinski definition) is 2. The van der Waals surface area contributed by atoms with Gasteiger partial charge >= 0.3 is 6.03 Å². The van der Waals surface area contributed by atoms with E-state index in [1.165, 1.54) is 11.3 Å². The Morgan fingerprint density at radius 2 is 2.04 bits per heavy atom. The van der Waals surface area contributed by atoms with Crippen molar-refractivity contribution in [1.29, 1.82) is 0 Å². The summed E-state index contributed by atoms with van der Waals surface area (Å²) >= 11 is 1.53. The second-order valence-electron chi connectivity index (χ2n) is 6.32. The third-order valence-corrected chi connectivity index (χ3v) is 5.18. The number of carbonyl (C=O) groups excluding carboxylic acids is 1. The predicted octanol–water partition coefficient (Wildman–Crippen LogP) is 4.91. The average Bonchev–Trinajstić information content (AvgIpc) is 3.36. The summed E-state index contributed by atoms with van der Waals surface area (Å²) in [5.74, 6) is 0.726. The first-order valence-electron chi connectivity index (χ1n) is 8.59. The number of hydrogen-bond acceptors (Lipinski definition) is 4. The molecule has 0 unspecified atom stereocenters. The van der Waals surface area contributed by atoms with Gasteiger partial charge in [0.1, 0.15) is 5.69 Å². The van der Waals surface area contributed by atoms with Crippen molar-refractivity contribution in [2.24, 2.45) is 0 Å². The monoisotopic (exact) mass is 377 g/mol. The van der Waals surface area contributed by atoms with Gasteiger partial charge in [-0.05, 0) is 30.7 Å². The topological polar surface area (TPSA) is 73.9 Å². The molecule has 0 bridgehead atoms. The lowest BCUT2D eigenvalue weighted by Crippen LogP contribution is -2.33. The van der Waals surface area contributed by atoms with Crippen LogP contribution in [0.25, 0.3) is 22.6 Å². The maximum atomic E-state index is 12.6. The van der Waals surface area contributed by atoms with Crippen LogP contribution in [0, 0.1) is 0 Å². The van der Waals surface area contributed by atoms with Crippen molar-refractivity contribution in [2.45, 2.75) is 13.0 Å². The largest absolute Gasteiger partial charge is 0.337 e. The number of fused-ring (bicyclic) bond motifs is 1. The first-order chi connectivity index (χ1) is 13.1. The van der Waals surface area contributed by atoms with Crippen LogP contribution in [0.5, 0.6) is 0 Å². The van der Waals surface area contributed by atoms with E-state index in [2.05, 4.69) is 20.3 Å². The molecule has 0 aliphatic heterocycles.